The monoisotopic (exact) mass is 361 g/mol. The van der Waals surface area contributed by atoms with Crippen molar-refractivity contribution in [1.29, 1.82) is 0 Å². The number of hydrogen-bond acceptors (Lipinski definition) is 5. The van der Waals surface area contributed by atoms with Crippen LogP contribution in [0.15, 0.2) is 40.6 Å². The number of carbonyl (C=O) groups is 2. The van der Waals surface area contributed by atoms with Gasteiger partial charge >= 0.3 is 5.97 Å². The second-order valence-electron chi connectivity index (χ2n) is 5.74. The number of thioether (sulfide) groups is 1. The summed E-state index contributed by atoms with van der Waals surface area (Å²) < 4.78 is 5.24. The summed E-state index contributed by atoms with van der Waals surface area (Å²) in [4.78, 5) is 28.1. The van der Waals surface area contributed by atoms with Gasteiger partial charge in [-0.1, -0.05) is 19.1 Å². The average Bonchev–Trinajstić information content (AvgIpc) is 2.92. The molecule has 24 heavy (non-hydrogen) atoms. The van der Waals surface area contributed by atoms with Crippen LogP contribution in [-0.4, -0.2) is 30.3 Å². The summed E-state index contributed by atoms with van der Waals surface area (Å²) in [6, 6.07) is 9.75. The molecule has 0 saturated carbocycles. The number of carbonyl (C=O) groups excluding carboxylic acids is 2. The van der Waals surface area contributed by atoms with Gasteiger partial charge in [-0.3, -0.25) is 4.79 Å². The summed E-state index contributed by atoms with van der Waals surface area (Å²) in [6.07, 6.45) is 0.906. The third kappa shape index (κ3) is 3.65. The highest BCUT2D eigenvalue weighted by atomic mass is 32.2. The Bertz CT molecular complexity index is 756. The SMILES string of the molecule is Cc1ccsc1C(=O)OCC(=O)N1CC[C@@H](C)Sc2ccccc21. The van der Waals surface area contributed by atoms with Crippen molar-refractivity contribution in [2.75, 3.05) is 18.1 Å². The van der Waals surface area contributed by atoms with Crippen molar-refractivity contribution in [2.24, 2.45) is 0 Å². The van der Waals surface area contributed by atoms with Gasteiger partial charge in [-0.2, -0.15) is 0 Å². The molecule has 0 bridgehead atoms. The second kappa shape index (κ2) is 7.40. The van der Waals surface area contributed by atoms with Gasteiger partial charge in [0.25, 0.3) is 5.91 Å². The third-order valence-electron chi connectivity index (χ3n) is 3.92. The van der Waals surface area contributed by atoms with Crippen molar-refractivity contribution >= 4 is 40.7 Å². The number of fused-ring (bicyclic) bond motifs is 1. The number of esters is 1. The molecule has 4 nitrogen and oxygen atoms in total. The standard InChI is InChI=1S/C18H19NO3S2/c1-12-8-10-23-17(12)18(21)22-11-16(20)19-9-7-13(2)24-15-6-4-3-5-14(15)19/h3-6,8,10,13H,7,9,11H2,1-2H3/t13-/m1/s1. The molecule has 0 saturated heterocycles. The molecule has 0 aliphatic carbocycles. The Morgan fingerprint density at radius 3 is 2.83 bits per heavy atom. The number of aryl methyl sites for hydroxylation is 1. The minimum atomic E-state index is -0.429. The number of benzene rings is 1. The lowest BCUT2D eigenvalue weighted by atomic mass is 10.2. The Hall–Kier alpha value is -1.79. The van der Waals surface area contributed by atoms with Crippen LogP contribution in [0.3, 0.4) is 0 Å². The van der Waals surface area contributed by atoms with E-state index in [4.69, 9.17) is 4.74 Å². The van der Waals surface area contributed by atoms with Crippen LogP contribution in [0.4, 0.5) is 5.69 Å². The minimum absolute atomic E-state index is 0.181. The largest absolute Gasteiger partial charge is 0.451 e. The zero-order valence-corrected chi connectivity index (χ0v) is 15.3. The van der Waals surface area contributed by atoms with E-state index in [9.17, 15) is 9.59 Å². The molecule has 126 valence electrons. The smallest absolute Gasteiger partial charge is 0.349 e. The number of ether oxygens (including phenoxy) is 1. The van der Waals surface area contributed by atoms with Gasteiger partial charge in [-0.25, -0.2) is 4.79 Å². The lowest BCUT2D eigenvalue weighted by molar-refractivity contribution is -0.121. The predicted octanol–water partition coefficient (Wildman–Crippen LogP) is 4.13. The lowest BCUT2D eigenvalue weighted by Gasteiger charge is -2.22. The Morgan fingerprint density at radius 2 is 2.08 bits per heavy atom. The van der Waals surface area contributed by atoms with Gasteiger partial charge < -0.3 is 9.64 Å². The van der Waals surface area contributed by atoms with E-state index in [0.29, 0.717) is 16.7 Å². The Balaban J connectivity index is 1.71. The first-order valence-corrected chi connectivity index (χ1v) is 9.59. The van der Waals surface area contributed by atoms with Crippen LogP contribution in [0, 0.1) is 6.92 Å². The summed E-state index contributed by atoms with van der Waals surface area (Å²) >= 11 is 3.11. The summed E-state index contributed by atoms with van der Waals surface area (Å²) in [5.41, 5.74) is 1.78. The number of nitrogens with zero attached hydrogens (tertiary/aromatic N) is 1. The van der Waals surface area contributed by atoms with Crippen molar-refractivity contribution < 1.29 is 14.3 Å². The lowest BCUT2D eigenvalue weighted by Crippen LogP contribution is -2.35. The molecule has 6 heteroatoms. The maximum absolute atomic E-state index is 12.6. The van der Waals surface area contributed by atoms with Gasteiger partial charge in [0.05, 0.1) is 5.69 Å². The average molecular weight is 361 g/mol. The molecule has 1 amide bonds. The number of thiophene rings is 1. The molecular formula is C18H19NO3S2. The molecule has 1 aromatic heterocycles. The fraction of sp³-hybridized carbons (Fsp3) is 0.333. The van der Waals surface area contributed by atoms with Crippen molar-refractivity contribution in [3.63, 3.8) is 0 Å². The molecule has 1 atom stereocenters. The molecule has 3 rings (SSSR count). The number of hydrogen-bond donors (Lipinski definition) is 0. The topological polar surface area (TPSA) is 46.6 Å². The molecule has 0 fully saturated rings. The fourth-order valence-electron chi connectivity index (χ4n) is 2.60. The molecule has 1 aliphatic rings. The second-order valence-corrected chi connectivity index (χ2v) is 8.14. The number of amides is 1. The van der Waals surface area contributed by atoms with Crippen LogP contribution in [0.5, 0.6) is 0 Å². The van der Waals surface area contributed by atoms with E-state index in [1.807, 2.05) is 42.6 Å². The summed E-state index contributed by atoms with van der Waals surface area (Å²) in [7, 11) is 0. The quantitative estimate of drug-likeness (QED) is 0.771. The first kappa shape index (κ1) is 17.0. The zero-order valence-electron chi connectivity index (χ0n) is 13.7. The Kier molecular flexibility index (Phi) is 5.26. The highest BCUT2D eigenvalue weighted by Gasteiger charge is 2.25. The van der Waals surface area contributed by atoms with E-state index in [0.717, 1.165) is 22.6 Å². The van der Waals surface area contributed by atoms with Crippen LogP contribution in [0.2, 0.25) is 0 Å². The van der Waals surface area contributed by atoms with Crippen LogP contribution >= 0.6 is 23.1 Å². The van der Waals surface area contributed by atoms with Gasteiger partial charge in [0.1, 0.15) is 4.88 Å². The third-order valence-corrected chi connectivity index (χ3v) is 6.15. The highest BCUT2D eigenvalue weighted by molar-refractivity contribution is 8.00. The van der Waals surface area contributed by atoms with Gasteiger partial charge in [0.2, 0.25) is 0 Å². The first-order valence-electron chi connectivity index (χ1n) is 7.83. The molecule has 1 aromatic carbocycles. The summed E-state index contributed by atoms with van der Waals surface area (Å²) in [5.74, 6) is -0.610. The van der Waals surface area contributed by atoms with Gasteiger partial charge in [0, 0.05) is 16.7 Å². The van der Waals surface area contributed by atoms with Gasteiger partial charge in [0.15, 0.2) is 6.61 Å². The summed E-state index contributed by atoms with van der Waals surface area (Å²) in [5, 5.41) is 2.29. The maximum atomic E-state index is 12.6. The van der Waals surface area contributed by atoms with E-state index in [1.54, 1.807) is 16.7 Å². The van der Waals surface area contributed by atoms with Gasteiger partial charge in [-0.05, 0) is 42.5 Å². The molecule has 2 heterocycles. The van der Waals surface area contributed by atoms with E-state index in [-0.39, 0.29) is 12.5 Å². The molecule has 0 spiro atoms. The molecule has 0 unspecified atom stereocenters. The van der Waals surface area contributed by atoms with Gasteiger partial charge in [-0.15, -0.1) is 23.1 Å². The van der Waals surface area contributed by atoms with Crippen molar-refractivity contribution in [3.05, 3.63) is 46.2 Å². The number of para-hydroxylation sites is 1. The first-order chi connectivity index (χ1) is 11.6. The number of anilines is 1. The van der Waals surface area contributed by atoms with Crippen LogP contribution in [-0.2, 0) is 9.53 Å². The maximum Gasteiger partial charge on any atom is 0.349 e. The molecular weight excluding hydrogens is 342 g/mol. The molecule has 0 radical (unpaired) electrons. The van der Waals surface area contributed by atoms with E-state index < -0.39 is 5.97 Å². The molecule has 0 N–H and O–H groups in total. The number of rotatable bonds is 3. The Morgan fingerprint density at radius 1 is 1.29 bits per heavy atom. The highest BCUT2D eigenvalue weighted by Crippen LogP contribution is 2.37. The van der Waals surface area contributed by atoms with Crippen LogP contribution in [0.1, 0.15) is 28.6 Å². The van der Waals surface area contributed by atoms with Crippen molar-refractivity contribution in [2.45, 2.75) is 30.4 Å². The van der Waals surface area contributed by atoms with Crippen LogP contribution in [0.25, 0.3) is 0 Å². The molecule has 2 aromatic rings. The fourth-order valence-corrected chi connectivity index (χ4v) is 4.53. The Labute approximate surface area is 149 Å². The van der Waals surface area contributed by atoms with Crippen molar-refractivity contribution in [3.8, 4) is 0 Å². The van der Waals surface area contributed by atoms with E-state index >= 15 is 0 Å². The molecule has 1 aliphatic heterocycles. The van der Waals surface area contributed by atoms with E-state index in [2.05, 4.69) is 6.92 Å². The minimum Gasteiger partial charge on any atom is -0.451 e. The summed E-state index contributed by atoms with van der Waals surface area (Å²) in [6.45, 7) is 4.43. The van der Waals surface area contributed by atoms with E-state index in [1.165, 1.54) is 11.3 Å². The van der Waals surface area contributed by atoms with Crippen LogP contribution < -0.4 is 4.90 Å². The predicted molar refractivity (Wildman–Crippen MR) is 98.1 cm³/mol. The van der Waals surface area contributed by atoms with Crippen molar-refractivity contribution in [1.82, 2.24) is 0 Å². The zero-order chi connectivity index (χ0) is 17.1. The normalized spacial score (nSPS) is 17.1.